The minimum Gasteiger partial charge on any atom is -0.508 e. The van der Waals surface area contributed by atoms with Gasteiger partial charge in [-0.2, -0.15) is 0 Å². The molecule has 0 radical (unpaired) electrons. The van der Waals surface area contributed by atoms with Gasteiger partial charge >= 0.3 is 0 Å². The highest BCUT2D eigenvalue weighted by Crippen LogP contribution is 2.24. The molecule has 0 aliphatic heterocycles. The molecule has 0 aliphatic carbocycles. The SMILES string of the molecule is CC(C)(Cc1ccccc1)C(=O)Nc1ccc(O)cc1. The molecule has 2 aromatic rings. The molecule has 0 atom stereocenters. The average molecular weight is 269 g/mol. The smallest absolute Gasteiger partial charge is 0.230 e. The molecule has 104 valence electrons. The lowest BCUT2D eigenvalue weighted by molar-refractivity contribution is -0.123. The van der Waals surface area contributed by atoms with E-state index in [2.05, 4.69) is 5.32 Å². The van der Waals surface area contributed by atoms with Crippen LogP contribution in [0.4, 0.5) is 5.69 Å². The van der Waals surface area contributed by atoms with Crippen molar-refractivity contribution < 1.29 is 9.90 Å². The number of benzene rings is 2. The minimum absolute atomic E-state index is 0.0351. The summed E-state index contributed by atoms with van der Waals surface area (Å²) in [6, 6.07) is 16.4. The average Bonchev–Trinajstić information content (AvgIpc) is 2.42. The van der Waals surface area contributed by atoms with Gasteiger partial charge < -0.3 is 10.4 Å². The number of amides is 1. The van der Waals surface area contributed by atoms with E-state index in [1.54, 1.807) is 24.3 Å². The van der Waals surface area contributed by atoms with E-state index >= 15 is 0 Å². The third-order valence-electron chi connectivity index (χ3n) is 3.23. The monoisotopic (exact) mass is 269 g/mol. The lowest BCUT2D eigenvalue weighted by Gasteiger charge is -2.23. The number of aromatic hydroxyl groups is 1. The van der Waals surface area contributed by atoms with Crippen molar-refractivity contribution in [3.63, 3.8) is 0 Å². The fraction of sp³-hybridized carbons (Fsp3) is 0.235. The predicted octanol–water partition coefficient (Wildman–Crippen LogP) is 3.60. The van der Waals surface area contributed by atoms with Crippen LogP contribution < -0.4 is 5.32 Å². The van der Waals surface area contributed by atoms with Gasteiger partial charge in [-0.1, -0.05) is 44.2 Å². The topological polar surface area (TPSA) is 49.3 Å². The number of rotatable bonds is 4. The van der Waals surface area contributed by atoms with Gasteiger partial charge in [-0.15, -0.1) is 0 Å². The summed E-state index contributed by atoms with van der Waals surface area (Å²) in [4.78, 5) is 12.3. The van der Waals surface area contributed by atoms with E-state index < -0.39 is 5.41 Å². The molecule has 0 saturated heterocycles. The molecule has 3 nitrogen and oxygen atoms in total. The van der Waals surface area contributed by atoms with E-state index in [1.807, 2.05) is 44.2 Å². The molecule has 0 aliphatic rings. The standard InChI is InChI=1S/C17H19NO2/c1-17(2,12-13-6-4-3-5-7-13)16(20)18-14-8-10-15(19)11-9-14/h3-11,19H,12H2,1-2H3,(H,18,20). The zero-order valence-corrected chi connectivity index (χ0v) is 11.8. The summed E-state index contributed by atoms with van der Waals surface area (Å²) in [6.45, 7) is 3.85. The molecule has 20 heavy (non-hydrogen) atoms. The number of carbonyl (C=O) groups is 1. The second-order valence-electron chi connectivity index (χ2n) is 5.55. The Hall–Kier alpha value is -2.29. The maximum absolute atomic E-state index is 12.3. The first kappa shape index (κ1) is 14.1. The summed E-state index contributed by atoms with van der Waals surface area (Å²) in [6.07, 6.45) is 0.678. The fourth-order valence-corrected chi connectivity index (χ4v) is 2.03. The molecule has 2 rings (SSSR count). The Morgan fingerprint density at radius 2 is 1.65 bits per heavy atom. The first-order valence-corrected chi connectivity index (χ1v) is 6.62. The summed E-state index contributed by atoms with van der Waals surface area (Å²) in [5.41, 5.74) is 1.33. The second kappa shape index (κ2) is 5.78. The number of hydrogen-bond donors (Lipinski definition) is 2. The Bertz CT molecular complexity index is 574. The Morgan fingerprint density at radius 3 is 2.25 bits per heavy atom. The van der Waals surface area contributed by atoms with Crippen LogP contribution in [0.15, 0.2) is 54.6 Å². The maximum atomic E-state index is 12.3. The van der Waals surface area contributed by atoms with Crippen LogP contribution in [0.3, 0.4) is 0 Å². The number of nitrogens with one attached hydrogen (secondary N) is 1. The van der Waals surface area contributed by atoms with Crippen molar-refractivity contribution in [3.8, 4) is 5.75 Å². The van der Waals surface area contributed by atoms with Gasteiger partial charge in [0.05, 0.1) is 0 Å². The minimum atomic E-state index is -0.501. The molecule has 2 aromatic carbocycles. The van der Waals surface area contributed by atoms with Crippen LogP contribution in [0.5, 0.6) is 5.75 Å². The summed E-state index contributed by atoms with van der Waals surface area (Å²) < 4.78 is 0. The highest BCUT2D eigenvalue weighted by Gasteiger charge is 2.27. The van der Waals surface area contributed by atoms with Crippen LogP contribution in [0.25, 0.3) is 0 Å². The molecular formula is C17H19NO2. The van der Waals surface area contributed by atoms with Crippen LogP contribution in [0, 0.1) is 5.41 Å². The van der Waals surface area contributed by atoms with Gasteiger partial charge in [0.1, 0.15) is 5.75 Å². The van der Waals surface area contributed by atoms with Gasteiger partial charge in [0.15, 0.2) is 0 Å². The van der Waals surface area contributed by atoms with Gasteiger partial charge in [0, 0.05) is 11.1 Å². The van der Waals surface area contributed by atoms with E-state index in [-0.39, 0.29) is 11.7 Å². The Morgan fingerprint density at radius 1 is 1.05 bits per heavy atom. The highest BCUT2D eigenvalue weighted by atomic mass is 16.3. The molecule has 1 amide bonds. The van der Waals surface area contributed by atoms with E-state index in [4.69, 9.17) is 0 Å². The van der Waals surface area contributed by atoms with Gasteiger partial charge in [-0.05, 0) is 36.2 Å². The van der Waals surface area contributed by atoms with Crippen molar-refractivity contribution in [3.05, 3.63) is 60.2 Å². The van der Waals surface area contributed by atoms with Gasteiger partial charge in [0.25, 0.3) is 0 Å². The first-order valence-electron chi connectivity index (χ1n) is 6.62. The number of phenolic OH excluding ortho intramolecular Hbond substituents is 1. The molecule has 0 fully saturated rings. The lowest BCUT2D eigenvalue weighted by atomic mass is 9.84. The Balaban J connectivity index is 2.05. The van der Waals surface area contributed by atoms with Gasteiger partial charge in [-0.25, -0.2) is 0 Å². The molecule has 2 N–H and O–H groups in total. The number of anilines is 1. The number of hydrogen-bond acceptors (Lipinski definition) is 2. The molecule has 0 spiro atoms. The van der Waals surface area contributed by atoms with Crippen LogP contribution >= 0.6 is 0 Å². The summed E-state index contributed by atoms with van der Waals surface area (Å²) in [5.74, 6) is 0.151. The fourth-order valence-electron chi connectivity index (χ4n) is 2.03. The second-order valence-corrected chi connectivity index (χ2v) is 5.55. The predicted molar refractivity (Wildman–Crippen MR) is 80.7 cm³/mol. The molecule has 0 saturated carbocycles. The molecule has 3 heteroatoms. The number of phenols is 1. The summed E-state index contributed by atoms with van der Waals surface area (Å²) >= 11 is 0. The van der Waals surface area contributed by atoms with Crippen LogP contribution in [0.1, 0.15) is 19.4 Å². The molecule has 0 heterocycles. The van der Waals surface area contributed by atoms with E-state index in [0.717, 1.165) is 5.56 Å². The molecule has 0 unspecified atom stereocenters. The molecular weight excluding hydrogens is 250 g/mol. The normalized spacial score (nSPS) is 11.1. The van der Waals surface area contributed by atoms with Crippen molar-refractivity contribution >= 4 is 11.6 Å². The van der Waals surface area contributed by atoms with Crippen LogP contribution in [-0.4, -0.2) is 11.0 Å². The largest absolute Gasteiger partial charge is 0.508 e. The lowest BCUT2D eigenvalue weighted by Crippen LogP contribution is -2.32. The summed E-state index contributed by atoms with van der Waals surface area (Å²) in [5, 5.41) is 12.1. The Labute approximate surface area is 119 Å². The molecule has 0 bridgehead atoms. The zero-order chi connectivity index (χ0) is 14.6. The van der Waals surface area contributed by atoms with Gasteiger partial charge in [0.2, 0.25) is 5.91 Å². The van der Waals surface area contributed by atoms with E-state index in [0.29, 0.717) is 12.1 Å². The third kappa shape index (κ3) is 3.60. The van der Waals surface area contributed by atoms with Crippen molar-refractivity contribution in [2.45, 2.75) is 20.3 Å². The van der Waals surface area contributed by atoms with Crippen molar-refractivity contribution in [1.29, 1.82) is 0 Å². The Kier molecular flexibility index (Phi) is 4.08. The number of carbonyl (C=O) groups excluding carboxylic acids is 1. The van der Waals surface area contributed by atoms with Gasteiger partial charge in [-0.3, -0.25) is 4.79 Å². The summed E-state index contributed by atoms with van der Waals surface area (Å²) in [7, 11) is 0. The van der Waals surface area contributed by atoms with Crippen molar-refractivity contribution in [2.75, 3.05) is 5.32 Å². The van der Waals surface area contributed by atoms with Crippen molar-refractivity contribution in [2.24, 2.45) is 5.41 Å². The van der Waals surface area contributed by atoms with Crippen molar-refractivity contribution in [1.82, 2.24) is 0 Å². The zero-order valence-electron chi connectivity index (χ0n) is 11.8. The third-order valence-corrected chi connectivity index (χ3v) is 3.23. The first-order chi connectivity index (χ1) is 9.47. The van der Waals surface area contributed by atoms with Crippen LogP contribution in [-0.2, 0) is 11.2 Å². The van der Waals surface area contributed by atoms with Crippen LogP contribution in [0.2, 0.25) is 0 Å². The maximum Gasteiger partial charge on any atom is 0.230 e. The van der Waals surface area contributed by atoms with E-state index in [1.165, 1.54) is 0 Å². The quantitative estimate of drug-likeness (QED) is 0.833. The molecule has 0 aromatic heterocycles. The van der Waals surface area contributed by atoms with E-state index in [9.17, 15) is 9.90 Å². The highest BCUT2D eigenvalue weighted by molar-refractivity contribution is 5.95.